The molecule has 8 heteroatoms. The van der Waals surface area contributed by atoms with Gasteiger partial charge in [0.25, 0.3) is 5.91 Å². The standard InChI is InChI=1S/C23H26N2O4S2/c1-15(2)18-6-4-5-7-19(18)25-20-13-31(27,28)14-21(20)30-23(25)24-22(26)12-16-8-10-17(29-3)11-9-16/h4-11,15,20-21H,12-14H2,1-3H3/t20-,21+/m1/s1. The van der Waals surface area contributed by atoms with Crippen LogP contribution in [0.25, 0.3) is 0 Å². The number of aliphatic imine (C=N–C) groups is 1. The molecular weight excluding hydrogens is 432 g/mol. The van der Waals surface area contributed by atoms with Crippen LogP contribution in [-0.4, -0.2) is 49.4 Å². The van der Waals surface area contributed by atoms with E-state index in [1.54, 1.807) is 7.11 Å². The number of hydrogen-bond acceptors (Lipinski definition) is 5. The molecule has 1 amide bonds. The van der Waals surface area contributed by atoms with Crippen LogP contribution >= 0.6 is 11.8 Å². The van der Waals surface area contributed by atoms with Crippen LogP contribution in [0.2, 0.25) is 0 Å². The number of para-hydroxylation sites is 1. The second kappa shape index (κ2) is 8.67. The molecule has 0 radical (unpaired) electrons. The number of anilines is 1. The summed E-state index contributed by atoms with van der Waals surface area (Å²) < 4.78 is 29.8. The number of fused-ring (bicyclic) bond motifs is 1. The van der Waals surface area contributed by atoms with Gasteiger partial charge >= 0.3 is 0 Å². The molecule has 0 bridgehead atoms. The predicted octanol–water partition coefficient (Wildman–Crippen LogP) is 3.66. The number of sulfone groups is 1. The molecule has 0 aromatic heterocycles. The van der Waals surface area contributed by atoms with Crippen LogP contribution in [0.15, 0.2) is 53.5 Å². The van der Waals surface area contributed by atoms with E-state index in [1.807, 2.05) is 47.4 Å². The summed E-state index contributed by atoms with van der Waals surface area (Å²) in [4.78, 5) is 19.2. The highest BCUT2D eigenvalue weighted by molar-refractivity contribution is 8.16. The minimum atomic E-state index is -3.10. The van der Waals surface area contributed by atoms with Gasteiger partial charge in [-0.05, 0) is 35.2 Å². The smallest absolute Gasteiger partial charge is 0.252 e. The summed E-state index contributed by atoms with van der Waals surface area (Å²) in [7, 11) is -1.50. The fourth-order valence-corrected chi connectivity index (χ4v) is 8.03. The Bertz CT molecular complexity index is 1110. The number of amides is 1. The van der Waals surface area contributed by atoms with Gasteiger partial charge in [-0.25, -0.2) is 8.42 Å². The number of amidine groups is 1. The van der Waals surface area contributed by atoms with Crippen molar-refractivity contribution in [2.24, 2.45) is 4.99 Å². The summed E-state index contributed by atoms with van der Waals surface area (Å²) in [6, 6.07) is 15.1. The zero-order valence-corrected chi connectivity index (χ0v) is 19.4. The minimum absolute atomic E-state index is 0.0861. The van der Waals surface area contributed by atoms with Crippen LogP contribution < -0.4 is 9.64 Å². The Labute approximate surface area is 187 Å². The lowest BCUT2D eigenvalue weighted by Gasteiger charge is -2.28. The lowest BCUT2D eigenvalue weighted by molar-refractivity contribution is -0.117. The van der Waals surface area contributed by atoms with E-state index in [9.17, 15) is 13.2 Å². The first-order valence-corrected chi connectivity index (χ1v) is 13.0. The summed E-state index contributed by atoms with van der Waals surface area (Å²) in [6.45, 7) is 4.22. The second-order valence-electron chi connectivity index (χ2n) is 8.20. The minimum Gasteiger partial charge on any atom is -0.497 e. The average molecular weight is 459 g/mol. The molecule has 0 unspecified atom stereocenters. The molecule has 2 heterocycles. The summed E-state index contributed by atoms with van der Waals surface area (Å²) in [6.07, 6.45) is 0.182. The fourth-order valence-electron chi connectivity index (χ4n) is 4.11. The van der Waals surface area contributed by atoms with E-state index in [0.717, 1.165) is 22.6 Å². The molecule has 2 aliphatic rings. The number of rotatable bonds is 5. The number of thioether (sulfide) groups is 1. The number of hydrogen-bond donors (Lipinski definition) is 0. The van der Waals surface area contributed by atoms with Gasteiger partial charge in [-0.3, -0.25) is 4.79 Å². The van der Waals surface area contributed by atoms with Crippen LogP contribution in [0, 0.1) is 0 Å². The fraction of sp³-hybridized carbons (Fsp3) is 0.391. The molecular formula is C23H26N2O4S2. The molecule has 2 aromatic rings. The maximum atomic E-state index is 12.8. The maximum Gasteiger partial charge on any atom is 0.252 e. The monoisotopic (exact) mass is 458 g/mol. The van der Waals surface area contributed by atoms with Crippen LogP contribution in [0.4, 0.5) is 5.69 Å². The van der Waals surface area contributed by atoms with Crippen LogP contribution in [-0.2, 0) is 21.1 Å². The van der Waals surface area contributed by atoms with Gasteiger partial charge in [0, 0.05) is 10.9 Å². The van der Waals surface area contributed by atoms with Gasteiger partial charge in [-0.15, -0.1) is 0 Å². The number of carbonyl (C=O) groups excluding carboxylic acids is 1. The van der Waals surface area contributed by atoms with Crippen LogP contribution in [0.5, 0.6) is 5.75 Å². The molecule has 2 aliphatic heterocycles. The van der Waals surface area contributed by atoms with Crippen molar-refractivity contribution in [3.05, 3.63) is 59.7 Å². The number of nitrogens with zero attached hydrogens (tertiary/aromatic N) is 2. The van der Waals surface area contributed by atoms with Crippen molar-refractivity contribution in [2.45, 2.75) is 37.5 Å². The topological polar surface area (TPSA) is 76.0 Å². The first-order valence-electron chi connectivity index (χ1n) is 10.3. The second-order valence-corrected chi connectivity index (χ2v) is 11.6. The molecule has 0 aliphatic carbocycles. The van der Waals surface area contributed by atoms with Crippen LogP contribution in [0.1, 0.15) is 30.9 Å². The van der Waals surface area contributed by atoms with Gasteiger partial charge < -0.3 is 9.64 Å². The Morgan fingerprint density at radius 1 is 1.16 bits per heavy atom. The van der Waals surface area contributed by atoms with Gasteiger partial charge in [0.2, 0.25) is 0 Å². The molecule has 0 saturated carbocycles. The highest BCUT2D eigenvalue weighted by atomic mass is 32.2. The Morgan fingerprint density at radius 2 is 1.87 bits per heavy atom. The normalized spacial score (nSPS) is 23.4. The number of carbonyl (C=O) groups is 1. The van der Waals surface area contributed by atoms with Crippen molar-refractivity contribution < 1.29 is 17.9 Å². The van der Waals surface area contributed by atoms with E-state index < -0.39 is 9.84 Å². The lowest BCUT2D eigenvalue weighted by atomic mass is 9.99. The third-order valence-electron chi connectivity index (χ3n) is 5.62. The lowest BCUT2D eigenvalue weighted by Crippen LogP contribution is -2.38. The van der Waals surface area contributed by atoms with Crippen molar-refractivity contribution in [3.63, 3.8) is 0 Å². The SMILES string of the molecule is COc1ccc(CC(=O)N=C2S[C@H]3CS(=O)(=O)C[C@H]3N2c2ccccc2C(C)C)cc1. The molecule has 0 spiro atoms. The van der Waals surface area contributed by atoms with E-state index in [4.69, 9.17) is 4.74 Å². The third-order valence-corrected chi connectivity index (χ3v) is 8.83. The van der Waals surface area contributed by atoms with Crippen molar-refractivity contribution >= 4 is 38.4 Å². The Balaban J connectivity index is 1.66. The van der Waals surface area contributed by atoms with Gasteiger partial charge in [0.05, 0.1) is 31.1 Å². The van der Waals surface area contributed by atoms with E-state index in [1.165, 1.54) is 11.8 Å². The Morgan fingerprint density at radius 3 is 2.55 bits per heavy atom. The first kappa shape index (κ1) is 21.9. The van der Waals surface area contributed by atoms with E-state index in [2.05, 4.69) is 24.9 Å². The Kier molecular flexibility index (Phi) is 6.12. The van der Waals surface area contributed by atoms with Crippen molar-refractivity contribution in [1.82, 2.24) is 0 Å². The van der Waals surface area contributed by atoms with Gasteiger partial charge in [0.1, 0.15) is 5.75 Å². The van der Waals surface area contributed by atoms with E-state index in [-0.39, 0.29) is 41.0 Å². The largest absolute Gasteiger partial charge is 0.497 e. The molecule has 2 fully saturated rings. The molecule has 2 aromatic carbocycles. The summed E-state index contributed by atoms with van der Waals surface area (Å²) in [5, 5.41) is 0.481. The molecule has 0 N–H and O–H groups in total. The number of benzene rings is 2. The quantitative estimate of drug-likeness (QED) is 0.681. The third kappa shape index (κ3) is 4.65. The van der Waals surface area contributed by atoms with Crippen molar-refractivity contribution in [1.29, 1.82) is 0 Å². The molecule has 6 nitrogen and oxygen atoms in total. The van der Waals surface area contributed by atoms with E-state index >= 15 is 0 Å². The van der Waals surface area contributed by atoms with Gasteiger partial charge in [-0.2, -0.15) is 4.99 Å². The summed E-state index contributed by atoms with van der Waals surface area (Å²) >= 11 is 1.41. The van der Waals surface area contributed by atoms with Gasteiger partial charge in [0.15, 0.2) is 15.0 Å². The zero-order chi connectivity index (χ0) is 22.2. The molecule has 164 valence electrons. The Hall–Kier alpha value is -2.32. The average Bonchev–Trinajstić information content (AvgIpc) is 3.19. The number of methoxy groups -OCH3 is 1. The highest BCUT2D eigenvalue weighted by Gasteiger charge is 2.49. The predicted molar refractivity (Wildman–Crippen MR) is 126 cm³/mol. The van der Waals surface area contributed by atoms with Crippen molar-refractivity contribution in [2.75, 3.05) is 23.5 Å². The maximum absolute atomic E-state index is 12.8. The first-order chi connectivity index (χ1) is 14.8. The number of ether oxygens (including phenoxy) is 1. The molecule has 4 rings (SSSR count). The van der Waals surface area contributed by atoms with Crippen LogP contribution in [0.3, 0.4) is 0 Å². The van der Waals surface area contributed by atoms with E-state index in [0.29, 0.717) is 5.17 Å². The summed E-state index contributed by atoms with van der Waals surface area (Å²) in [5.41, 5.74) is 2.91. The molecule has 2 atom stereocenters. The zero-order valence-electron chi connectivity index (χ0n) is 17.8. The van der Waals surface area contributed by atoms with Crippen molar-refractivity contribution in [3.8, 4) is 5.75 Å². The molecule has 31 heavy (non-hydrogen) atoms. The summed E-state index contributed by atoms with van der Waals surface area (Å²) in [5.74, 6) is 0.952. The molecule has 2 saturated heterocycles. The van der Waals surface area contributed by atoms with Gasteiger partial charge in [-0.1, -0.05) is 55.9 Å². The highest BCUT2D eigenvalue weighted by Crippen LogP contribution is 2.43.